The van der Waals surface area contributed by atoms with Crippen LogP contribution in [0.2, 0.25) is 0 Å². The van der Waals surface area contributed by atoms with E-state index in [9.17, 15) is 9.59 Å². The van der Waals surface area contributed by atoms with Gasteiger partial charge >= 0.3 is 5.97 Å². The quantitative estimate of drug-likeness (QED) is 0.814. The minimum Gasteiger partial charge on any atom is -0.481 e. The third kappa shape index (κ3) is 4.77. The van der Waals surface area contributed by atoms with E-state index in [-0.39, 0.29) is 12.3 Å². The predicted molar refractivity (Wildman–Crippen MR) is 81.3 cm³/mol. The Kier molecular flexibility index (Phi) is 5.60. The Morgan fingerprint density at radius 2 is 1.57 bits per heavy atom. The van der Waals surface area contributed by atoms with Crippen LogP contribution < -0.4 is 4.90 Å². The van der Waals surface area contributed by atoms with Crippen LogP contribution in [-0.4, -0.2) is 48.1 Å². The Bertz CT molecular complexity index is 468. The lowest BCUT2D eigenvalue weighted by atomic mass is 10.1. The fourth-order valence-corrected chi connectivity index (χ4v) is 2.56. The summed E-state index contributed by atoms with van der Waals surface area (Å²) in [6.07, 6.45) is 1.84. The minimum absolute atomic E-state index is 0.146. The maximum atomic E-state index is 12.0. The summed E-state index contributed by atoms with van der Waals surface area (Å²) in [4.78, 5) is 26.6. The fraction of sp³-hybridized carbons (Fsp3) is 0.500. The monoisotopic (exact) mass is 290 g/mol. The number of carbonyl (C=O) groups excluding carboxylic acids is 1. The number of piperazine rings is 1. The smallest absolute Gasteiger partial charge is 0.303 e. The maximum Gasteiger partial charge on any atom is 0.303 e. The molecule has 1 fully saturated rings. The first-order valence-electron chi connectivity index (χ1n) is 7.46. The lowest BCUT2D eigenvalue weighted by Gasteiger charge is -2.36. The molecule has 0 bridgehead atoms. The van der Waals surface area contributed by atoms with Gasteiger partial charge in [0.05, 0.1) is 0 Å². The van der Waals surface area contributed by atoms with Gasteiger partial charge in [-0.25, -0.2) is 0 Å². The normalized spacial score (nSPS) is 15.0. The van der Waals surface area contributed by atoms with Crippen molar-refractivity contribution in [1.82, 2.24) is 4.90 Å². The third-order valence-corrected chi connectivity index (χ3v) is 3.79. The highest BCUT2D eigenvalue weighted by molar-refractivity contribution is 5.76. The van der Waals surface area contributed by atoms with Crippen molar-refractivity contribution in [1.29, 1.82) is 0 Å². The highest BCUT2D eigenvalue weighted by atomic mass is 16.4. The standard InChI is InChI=1S/C16H22N2O3/c19-15(8-4-5-9-16(20)21)18-12-10-17(11-13-18)14-6-2-1-3-7-14/h1-3,6-7H,4-5,8-13H2,(H,20,21). The molecule has 1 aromatic carbocycles. The summed E-state index contributed by atoms with van der Waals surface area (Å²) in [5.41, 5.74) is 1.20. The Morgan fingerprint density at radius 1 is 0.952 bits per heavy atom. The van der Waals surface area contributed by atoms with Gasteiger partial charge in [0.15, 0.2) is 0 Å². The van der Waals surface area contributed by atoms with E-state index < -0.39 is 5.97 Å². The summed E-state index contributed by atoms with van der Waals surface area (Å²) >= 11 is 0. The van der Waals surface area contributed by atoms with Crippen LogP contribution in [0, 0.1) is 0 Å². The molecule has 0 radical (unpaired) electrons. The van der Waals surface area contributed by atoms with Gasteiger partial charge in [0.2, 0.25) is 5.91 Å². The van der Waals surface area contributed by atoms with Crippen LogP contribution in [0.4, 0.5) is 5.69 Å². The van der Waals surface area contributed by atoms with Crippen LogP contribution in [0.5, 0.6) is 0 Å². The lowest BCUT2D eigenvalue weighted by Crippen LogP contribution is -2.48. The van der Waals surface area contributed by atoms with E-state index in [0.717, 1.165) is 26.2 Å². The minimum atomic E-state index is -0.793. The van der Waals surface area contributed by atoms with Crippen molar-refractivity contribution in [2.75, 3.05) is 31.1 Å². The van der Waals surface area contributed by atoms with E-state index in [4.69, 9.17) is 5.11 Å². The first-order valence-corrected chi connectivity index (χ1v) is 7.46. The Hall–Kier alpha value is -2.04. The van der Waals surface area contributed by atoms with Gasteiger partial charge in [-0.15, -0.1) is 0 Å². The summed E-state index contributed by atoms with van der Waals surface area (Å²) in [5.74, 6) is -0.646. The van der Waals surface area contributed by atoms with Crippen molar-refractivity contribution in [3.63, 3.8) is 0 Å². The molecule has 114 valence electrons. The lowest BCUT2D eigenvalue weighted by molar-refractivity contribution is -0.137. The van der Waals surface area contributed by atoms with Gasteiger partial charge in [-0.1, -0.05) is 18.2 Å². The zero-order valence-electron chi connectivity index (χ0n) is 12.2. The first kappa shape index (κ1) is 15.4. The second-order valence-corrected chi connectivity index (χ2v) is 5.30. The number of hydrogen-bond donors (Lipinski definition) is 1. The van der Waals surface area contributed by atoms with Gasteiger partial charge in [0.1, 0.15) is 0 Å². The van der Waals surface area contributed by atoms with Gasteiger partial charge in [-0.05, 0) is 25.0 Å². The van der Waals surface area contributed by atoms with Crippen molar-refractivity contribution < 1.29 is 14.7 Å². The number of carboxylic acids is 1. The van der Waals surface area contributed by atoms with Gasteiger partial charge in [0, 0.05) is 44.7 Å². The van der Waals surface area contributed by atoms with E-state index in [0.29, 0.717) is 19.3 Å². The molecular formula is C16H22N2O3. The first-order chi connectivity index (χ1) is 10.2. The molecule has 21 heavy (non-hydrogen) atoms. The van der Waals surface area contributed by atoms with E-state index in [1.54, 1.807) is 0 Å². The molecule has 0 unspecified atom stereocenters. The Balaban J connectivity index is 1.71. The van der Waals surface area contributed by atoms with Crippen molar-refractivity contribution in [2.24, 2.45) is 0 Å². The Labute approximate surface area is 125 Å². The van der Waals surface area contributed by atoms with E-state index in [1.165, 1.54) is 5.69 Å². The van der Waals surface area contributed by atoms with E-state index >= 15 is 0 Å². The summed E-state index contributed by atoms with van der Waals surface area (Å²) in [6.45, 7) is 3.19. The number of aliphatic carboxylic acids is 1. The molecule has 1 aliphatic heterocycles. The molecule has 0 spiro atoms. The molecule has 0 atom stereocenters. The average molecular weight is 290 g/mol. The molecule has 2 rings (SSSR count). The number of nitrogens with zero attached hydrogens (tertiary/aromatic N) is 2. The SMILES string of the molecule is O=C(O)CCCCC(=O)N1CCN(c2ccccc2)CC1. The van der Waals surface area contributed by atoms with Gasteiger partial charge in [-0.3, -0.25) is 9.59 Å². The molecule has 1 aliphatic rings. The predicted octanol–water partition coefficient (Wildman–Crippen LogP) is 1.98. The molecular weight excluding hydrogens is 268 g/mol. The number of benzene rings is 1. The van der Waals surface area contributed by atoms with E-state index in [1.807, 2.05) is 23.1 Å². The van der Waals surface area contributed by atoms with Gasteiger partial charge in [0.25, 0.3) is 0 Å². The average Bonchev–Trinajstić information content (AvgIpc) is 2.52. The van der Waals surface area contributed by atoms with Crippen LogP contribution in [0.15, 0.2) is 30.3 Å². The molecule has 0 aliphatic carbocycles. The molecule has 0 saturated carbocycles. The number of hydrogen-bond acceptors (Lipinski definition) is 3. The maximum absolute atomic E-state index is 12.0. The topological polar surface area (TPSA) is 60.9 Å². The molecule has 1 heterocycles. The van der Waals surface area contributed by atoms with Crippen molar-refractivity contribution in [3.05, 3.63) is 30.3 Å². The molecule has 1 saturated heterocycles. The number of rotatable bonds is 6. The number of carboxylic acid groups (broad SMARTS) is 1. The highest BCUT2D eigenvalue weighted by Gasteiger charge is 2.20. The fourth-order valence-electron chi connectivity index (χ4n) is 2.56. The van der Waals surface area contributed by atoms with Crippen molar-refractivity contribution >= 4 is 17.6 Å². The van der Waals surface area contributed by atoms with Crippen LogP contribution in [0.1, 0.15) is 25.7 Å². The molecule has 1 N–H and O–H groups in total. The number of para-hydroxylation sites is 1. The number of anilines is 1. The zero-order chi connectivity index (χ0) is 15.1. The largest absolute Gasteiger partial charge is 0.481 e. The second kappa shape index (κ2) is 7.67. The van der Waals surface area contributed by atoms with Crippen molar-refractivity contribution in [3.8, 4) is 0 Å². The van der Waals surface area contributed by atoms with Gasteiger partial charge in [-0.2, -0.15) is 0 Å². The molecule has 1 amide bonds. The number of carbonyl (C=O) groups is 2. The third-order valence-electron chi connectivity index (χ3n) is 3.79. The highest BCUT2D eigenvalue weighted by Crippen LogP contribution is 2.16. The zero-order valence-corrected chi connectivity index (χ0v) is 12.2. The van der Waals surface area contributed by atoms with Crippen LogP contribution in [0.3, 0.4) is 0 Å². The molecule has 0 aromatic heterocycles. The Morgan fingerprint density at radius 3 is 2.19 bits per heavy atom. The summed E-state index contributed by atoms with van der Waals surface area (Å²) in [6, 6.07) is 10.2. The van der Waals surface area contributed by atoms with Crippen LogP contribution >= 0.6 is 0 Å². The molecule has 5 heteroatoms. The summed E-state index contributed by atoms with van der Waals surface area (Å²) in [5, 5.41) is 8.56. The molecule has 1 aromatic rings. The second-order valence-electron chi connectivity index (χ2n) is 5.30. The summed E-state index contributed by atoms with van der Waals surface area (Å²) < 4.78 is 0. The number of amides is 1. The molecule has 5 nitrogen and oxygen atoms in total. The van der Waals surface area contributed by atoms with E-state index in [2.05, 4.69) is 17.0 Å². The van der Waals surface area contributed by atoms with Crippen molar-refractivity contribution in [2.45, 2.75) is 25.7 Å². The summed E-state index contributed by atoms with van der Waals surface area (Å²) in [7, 11) is 0. The van der Waals surface area contributed by atoms with Gasteiger partial charge < -0.3 is 14.9 Å². The van der Waals surface area contributed by atoms with Crippen LogP contribution in [0.25, 0.3) is 0 Å². The number of unbranched alkanes of at least 4 members (excludes halogenated alkanes) is 1. The van der Waals surface area contributed by atoms with Crippen LogP contribution in [-0.2, 0) is 9.59 Å².